The van der Waals surface area contributed by atoms with Gasteiger partial charge in [-0.2, -0.15) is 0 Å². The molecule has 5 nitrogen and oxygen atoms in total. The van der Waals surface area contributed by atoms with Crippen molar-refractivity contribution in [1.29, 1.82) is 0 Å². The standard InChI is InChI=1S/C19H16Cl4N4OS2/c1-27-17(9-29-8-11-2-3-12(20)6-15(11)23)25-26-19(27)30-10-18(28)24-16-7-13(21)4-5-14(16)22/h2-7H,8-10H2,1H3,(H,24,28). The molecule has 0 radical (unpaired) electrons. The average Bonchev–Trinajstić information content (AvgIpc) is 3.04. The van der Waals surface area contributed by atoms with Crippen LogP contribution in [0.15, 0.2) is 41.6 Å². The molecule has 1 amide bonds. The molecule has 0 unspecified atom stereocenters. The maximum absolute atomic E-state index is 12.2. The summed E-state index contributed by atoms with van der Waals surface area (Å²) in [4.78, 5) is 12.2. The van der Waals surface area contributed by atoms with Gasteiger partial charge in [0, 0.05) is 27.9 Å². The molecule has 11 heteroatoms. The Morgan fingerprint density at radius 2 is 1.73 bits per heavy atom. The number of hydrogen-bond donors (Lipinski definition) is 1. The van der Waals surface area contributed by atoms with Crippen LogP contribution in [0.3, 0.4) is 0 Å². The van der Waals surface area contributed by atoms with Gasteiger partial charge in [-0.3, -0.25) is 4.79 Å². The monoisotopic (exact) mass is 520 g/mol. The molecule has 0 spiro atoms. The van der Waals surface area contributed by atoms with Gasteiger partial charge < -0.3 is 9.88 Å². The van der Waals surface area contributed by atoms with Crippen molar-refractivity contribution in [2.45, 2.75) is 16.7 Å². The number of amides is 1. The van der Waals surface area contributed by atoms with Crippen LogP contribution in [0.1, 0.15) is 11.4 Å². The van der Waals surface area contributed by atoms with Gasteiger partial charge in [-0.05, 0) is 35.9 Å². The second kappa shape index (κ2) is 11.0. The normalized spacial score (nSPS) is 11.0. The molecule has 1 aromatic heterocycles. The zero-order chi connectivity index (χ0) is 21.7. The van der Waals surface area contributed by atoms with Gasteiger partial charge >= 0.3 is 0 Å². The molecule has 1 N–H and O–H groups in total. The Bertz CT molecular complexity index is 1060. The molecule has 0 saturated heterocycles. The first-order valence-corrected chi connectivity index (χ1v) is 12.3. The van der Waals surface area contributed by atoms with Crippen molar-refractivity contribution in [3.63, 3.8) is 0 Å². The number of rotatable bonds is 8. The van der Waals surface area contributed by atoms with Crippen molar-refractivity contribution in [3.05, 3.63) is 67.9 Å². The molecule has 0 aliphatic heterocycles. The minimum Gasteiger partial charge on any atom is -0.324 e. The number of hydrogen-bond acceptors (Lipinski definition) is 5. The van der Waals surface area contributed by atoms with Gasteiger partial charge in [-0.1, -0.05) is 64.2 Å². The van der Waals surface area contributed by atoms with E-state index >= 15 is 0 Å². The Kier molecular flexibility index (Phi) is 8.62. The molecule has 0 aliphatic carbocycles. The van der Waals surface area contributed by atoms with Crippen molar-refractivity contribution in [3.8, 4) is 0 Å². The van der Waals surface area contributed by atoms with E-state index in [1.165, 1.54) is 11.8 Å². The van der Waals surface area contributed by atoms with Crippen molar-refractivity contribution in [2.75, 3.05) is 11.1 Å². The summed E-state index contributed by atoms with van der Waals surface area (Å²) in [6.45, 7) is 0. The lowest BCUT2D eigenvalue weighted by Gasteiger charge is -2.08. The Hall–Kier alpha value is -1.09. The zero-order valence-electron chi connectivity index (χ0n) is 15.7. The summed E-state index contributed by atoms with van der Waals surface area (Å²) in [5.41, 5.74) is 1.49. The summed E-state index contributed by atoms with van der Waals surface area (Å²) >= 11 is 27.1. The second-order valence-electron chi connectivity index (χ2n) is 6.15. The molecule has 0 atom stereocenters. The molecular formula is C19H16Cl4N4OS2. The molecule has 0 saturated carbocycles. The molecule has 158 valence electrons. The predicted octanol–water partition coefficient (Wildman–Crippen LogP) is 6.59. The number of anilines is 1. The van der Waals surface area contributed by atoms with E-state index in [4.69, 9.17) is 46.4 Å². The molecule has 3 rings (SSSR count). The quantitative estimate of drug-likeness (QED) is 0.338. The van der Waals surface area contributed by atoms with Crippen LogP contribution in [0.25, 0.3) is 0 Å². The van der Waals surface area contributed by atoms with Crippen LogP contribution in [0.5, 0.6) is 0 Å². The smallest absolute Gasteiger partial charge is 0.234 e. The maximum atomic E-state index is 12.2. The zero-order valence-corrected chi connectivity index (χ0v) is 20.3. The highest BCUT2D eigenvalue weighted by molar-refractivity contribution is 7.99. The summed E-state index contributed by atoms with van der Waals surface area (Å²) in [7, 11) is 1.87. The fraction of sp³-hybridized carbons (Fsp3) is 0.211. The first-order chi connectivity index (χ1) is 14.3. The highest BCUT2D eigenvalue weighted by Crippen LogP contribution is 2.28. The number of carbonyl (C=O) groups is 1. The first-order valence-electron chi connectivity index (χ1n) is 8.61. The maximum Gasteiger partial charge on any atom is 0.234 e. The summed E-state index contributed by atoms with van der Waals surface area (Å²) in [5, 5.41) is 14.0. The van der Waals surface area contributed by atoms with Crippen LogP contribution < -0.4 is 5.32 Å². The van der Waals surface area contributed by atoms with Crippen molar-refractivity contribution < 1.29 is 4.79 Å². The molecule has 0 bridgehead atoms. The lowest BCUT2D eigenvalue weighted by molar-refractivity contribution is -0.113. The van der Waals surface area contributed by atoms with Crippen molar-refractivity contribution in [2.24, 2.45) is 7.05 Å². The molecular weight excluding hydrogens is 506 g/mol. The second-order valence-corrected chi connectivity index (χ2v) is 9.76. The van der Waals surface area contributed by atoms with E-state index in [0.29, 0.717) is 36.7 Å². The Morgan fingerprint density at radius 3 is 2.50 bits per heavy atom. The number of halogens is 4. The van der Waals surface area contributed by atoms with Crippen LogP contribution in [0.2, 0.25) is 20.1 Å². The number of nitrogens with zero attached hydrogens (tertiary/aromatic N) is 3. The average molecular weight is 522 g/mol. The number of aromatic nitrogens is 3. The highest BCUT2D eigenvalue weighted by Gasteiger charge is 2.13. The van der Waals surface area contributed by atoms with Gasteiger partial charge in [0.15, 0.2) is 5.16 Å². The van der Waals surface area contributed by atoms with E-state index < -0.39 is 0 Å². The SMILES string of the molecule is Cn1c(CSCc2ccc(Cl)cc2Cl)nnc1SCC(=O)Nc1cc(Cl)ccc1Cl. The van der Waals surface area contributed by atoms with E-state index in [0.717, 1.165) is 17.1 Å². The van der Waals surface area contributed by atoms with E-state index in [9.17, 15) is 4.79 Å². The highest BCUT2D eigenvalue weighted by atomic mass is 35.5. The van der Waals surface area contributed by atoms with E-state index in [2.05, 4.69) is 15.5 Å². The largest absolute Gasteiger partial charge is 0.324 e. The molecule has 3 aromatic rings. The van der Waals surface area contributed by atoms with Gasteiger partial charge in [-0.15, -0.1) is 22.0 Å². The third-order valence-electron chi connectivity index (χ3n) is 3.96. The summed E-state index contributed by atoms with van der Waals surface area (Å²) < 4.78 is 1.88. The van der Waals surface area contributed by atoms with Gasteiger partial charge in [-0.25, -0.2) is 0 Å². The molecule has 2 aromatic carbocycles. The summed E-state index contributed by atoms with van der Waals surface area (Å²) in [5.74, 6) is 2.16. The van der Waals surface area contributed by atoms with Crippen LogP contribution >= 0.6 is 69.9 Å². The predicted molar refractivity (Wildman–Crippen MR) is 128 cm³/mol. The van der Waals surface area contributed by atoms with Gasteiger partial charge in [0.25, 0.3) is 0 Å². The Morgan fingerprint density at radius 1 is 1.00 bits per heavy atom. The van der Waals surface area contributed by atoms with Crippen molar-refractivity contribution >= 4 is 81.5 Å². The fourth-order valence-electron chi connectivity index (χ4n) is 2.40. The van der Waals surface area contributed by atoms with Crippen LogP contribution in [0, 0.1) is 0 Å². The summed E-state index contributed by atoms with van der Waals surface area (Å²) in [6.07, 6.45) is 0. The van der Waals surface area contributed by atoms with Crippen LogP contribution in [-0.2, 0) is 23.3 Å². The van der Waals surface area contributed by atoms with Crippen LogP contribution in [-0.4, -0.2) is 26.4 Å². The molecule has 0 aliphatic rings. The lowest BCUT2D eigenvalue weighted by atomic mass is 10.2. The molecule has 30 heavy (non-hydrogen) atoms. The van der Waals surface area contributed by atoms with Crippen LogP contribution in [0.4, 0.5) is 5.69 Å². The van der Waals surface area contributed by atoms with E-state index in [-0.39, 0.29) is 11.7 Å². The number of nitrogens with one attached hydrogen (secondary N) is 1. The molecule has 1 heterocycles. The third kappa shape index (κ3) is 6.45. The Balaban J connectivity index is 1.51. The number of carbonyl (C=O) groups excluding carboxylic acids is 1. The fourth-order valence-corrected chi connectivity index (χ4v) is 5.03. The van der Waals surface area contributed by atoms with E-state index in [1.807, 2.05) is 23.7 Å². The third-order valence-corrected chi connectivity index (χ3v) is 7.11. The van der Waals surface area contributed by atoms with E-state index in [1.54, 1.807) is 36.0 Å². The molecule has 0 fully saturated rings. The Labute approximate surface area is 202 Å². The lowest BCUT2D eigenvalue weighted by Crippen LogP contribution is -2.14. The van der Waals surface area contributed by atoms with Gasteiger partial charge in [0.05, 0.1) is 22.2 Å². The minimum atomic E-state index is -0.208. The minimum absolute atomic E-state index is 0.169. The van der Waals surface area contributed by atoms with Gasteiger partial charge in [0.2, 0.25) is 5.91 Å². The first kappa shape index (κ1) is 23.6. The van der Waals surface area contributed by atoms with Gasteiger partial charge in [0.1, 0.15) is 5.82 Å². The number of benzene rings is 2. The topological polar surface area (TPSA) is 59.8 Å². The summed E-state index contributed by atoms with van der Waals surface area (Å²) in [6, 6.07) is 10.4. The number of thioether (sulfide) groups is 2. The van der Waals surface area contributed by atoms with Crippen molar-refractivity contribution in [1.82, 2.24) is 14.8 Å².